The van der Waals surface area contributed by atoms with Crippen LogP contribution < -0.4 is 10.1 Å². The highest BCUT2D eigenvalue weighted by Crippen LogP contribution is 2.24. The zero-order valence-electron chi connectivity index (χ0n) is 19.6. The Morgan fingerprint density at radius 2 is 1.80 bits per heavy atom. The topological polar surface area (TPSA) is 94.3 Å². The molecule has 1 amide bonds. The zero-order chi connectivity index (χ0) is 24.4. The molecule has 0 saturated heterocycles. The summed E-state index contributed by atoms with van der Waals surface area (Å²) in [5, 5.41) is 16.1. The quantitative estimate of drug-likeness (QED) is 0.385. The van der Waals surface area contributed by atoms with E-state index >= 15 is 0 Å². The van der Waals surface area contributed by atoms with Crippen LogP contribution in [-0.2, 0) is 4.79 Å². The molecule has 5 aromatic rings. The van der Waals surface area contributed by atoms with Crippen LogP contribution in [0.3, 0.4) is 0 Å². The van der Waals surface area contributed by atoms with Gasteiger partial charge in [-0.1, -0.05) is 18.2 Å². The van der Waals surface area contributed by atoms with Crippen LogP contribution in [0.2, 0.25) is 0 Å². The standard InChI is InChI=1S/C27H24N6O2/c1-17-9-10-23(14-18(17)2)35-19(3)27(34)29-22-8-4-6-20(15-22)24-11-12-25-30-31-26(33(25)32-24)21-7-5-13-28-16-21/h4-16,19H,1-3H3,(H,29,34). The molecule has 0 bridgehead atoms. The third-order valence-electron chi connectivity index (χ3n) is 5.77. The van der Waals surface area contributed by atoms with Gasteiger partial charge < -0.3 is 10.1 Å². The van der Waals surface area contributed by atoms with Crippen LogP contribution in [0.4, 0.5) is 5.69 Å². The van der Waals surface area contributed by atoms with Gasteiger partial charge in [-0.15, -0.1) is 10.2 Å². The van der Waals surface area contributed by atoms with E-state index in [-0.39, 0.29) is 5.91 Å². The first kappa shape index (κ1) is 22.2. The van der Waals surface area contributed by atoms with Crippen molar-refractivity contribution in [3.8, 4) is 28.4 Å². The largest absolute Gasteiger partial charge is 0.481 e. The van der Waals surface area contributed by atoms with Crippen LogP contribution in [0.15, 0.2) is 79.1 Å². The number of anilines is 1. The van der Waals surface area contributed by atoms with Gasteiger partial charge in [0.2, 0.25) is 0 Å². The second-order valence-electron chi connectivity index (χ2n) is 8.33. The Bertz CT molecular complexity index is 1510. The molecule has 0 aliphatic heterocycles. The lowest BCUT2D eigenvalue weighted by molar-refractivity contribution is -0.122. The van der Waals surface area contributed by atoms with Crippen LogP contribution in [0.1, 0.15) is 18.1 Å². The predicted octanol–water partition coefficient (Wildman–Crippen LogP) is 4.88. The highest BCUT2D eigenvalue weighted by atomic mass is 16.5. The second kappa shape index (κ2) is 9.34. The van der Waals surface area contributed by atoms with Gasteiger partial charge in [0.05, 0.1) is 5.69 Å². The molecular weight excluding hydrogens is 440 g/mol. The number of benzene rings is 2. The third kappa shape index (κ3) is 4.72. The minimum Gasteiger partial charge on any atom is -0.481 e. The highest BCUT2D eigenvalue weighted by Gasteiger charge is 2.16. The summed E-state index contributed by atoms with van der Waals surface area (Å²) in [5.41, 5.74) is 5.97. The number of ether oxygens (including phenoxy) is 1. The van der Waals surface area contributed by atoms with Crippen LogP contribution in [-0.4, -0.2) is 36.8 Å². The van der Waals surface area contributed by atoms with Gasteiger partial charge in [0.15, 0.2) is 17.6 Å². The lowest BCUT2D eigenvalue weighted by Crippen LogP contribution is -2.30. The summed E-state index contributed by atoms with van der Waals surface area (Å²) in [4.78, 5) is 16.9. The maximum Gasteiger partial charge on any atom is 0.265 e. The molecular formula is C27H24N6O2. The summed E-state index contributed by atoms with van der Waals surface area (Å²) in [5.74, 6) is 1.04. The Hall–Kier alpha value is -4.59. The molecule has 5 rings (SSSR count). The van der Waals surface area contributed by atoms with Gasteiger partial charge in [0.25, 0.3) is 5.91 Å². The molecule has 0 fully saturated rings. The number of nitrogens with one attached hydrogen (secondary N) is 1. The number of amides is 1. The van der Waals surface area contributed by atoms with E-state index in [1.165, 1.54) is 5.56 Å². The maximum absolute atomic E-state index is 12.8. The van der Waals surface area contributed by atoms with Gasteiger partial charge in [0.1, 0.15) is 5.75 Å². The van der Waals surface area contributed by atoms with Crippen molar-refractivity contribution in [3.05, 3.63) is 90.3 Å². The van der Waals surface area contributed by atoms with Crippen molar-refractivity contribution in [1.29, 1.82) is 0 Å². The molecule has 3 aromatic heterocycles. The number of aromatic nitrogens is 5. The molecule has 1 N–H and O–H groups in total. The molecule has 35 heavy (non-hydrogen) atoms. The lowest BCUT2D eigenvalue weighted by Gasteiger charge is -2.16. The van der Waals surface area contributed by atoms with E-state index < -0.39 is 6.10 Å². The van der Waals surface area contributed by atoms with Crippen molar-refractivity contribution in [3.63, 3.8) is 0 Å². The van der Waals surface area contributed by atoms with E-state index in [0.29, 0.717) is 22.9 Å². The predicted molar refractivity (Wildman–Crippen MR) is 134 cm³/mol. The number of rotatable bonds is 6. The van der Waals surface area contributed by atoms with E-state index in [0.717, 1.165) is 22.4 Å². The summed E-state index contributed by atoms with van der Waals surface area (Å²) in [7, 11) is 0. The number of fused-ring (bicyclic) bond motifs is 1. The number of carbonyl (C=O) groups is 1. The minimum absolute atomic E-state index is 0.235. The maximum atomic E-state index is 12.8. The fraction of sp³-hybridized carbons (Fsp3) is 0.148. The molecule has 0 saturated carbocycles. The first-order valence-electron chi connectivity index (χ1n) is 11.3. The molecule has 2 aromatic carbocycles. The lowest BCUT2D eigenvalue weighted by atomic mass is 10.1. The Morgan fingerprint density at radius 1 is 0.943 bits per heavy atom. The zero-order valence-corrected chi connectivity index (χ0v) is 19.6. The van der Waals surface area contributed by atoms with E-state index in [1.807, 2.05) is 80.6 Å². The molecule has 8 nitrogen and oxygen atoms in total. The molecule has 0 aliphatic rings. The van der Waals surface area contributed by atoms with Crippen molar-refractivity contribution < 1.29 is 9.53 Å². The van der Waals surface area contributed by atoms with Crippen LogP contribution in [0, 0.1) is 13.8 Å². The molecule has 0 spiro atoms. The minimum atomic E-state index is -0.658. The van der Waals surface area contributed by atoms with Gasteiger partial charge >= 0.3 is 0 Å². The average Bonchev–Trinajstić information content (AvgIpc) is 3.30. The number of hydrogen-bond acceptors (Lipinski definition) is 6. The number of carbonyl (C=O) groups excluding carboxylic acids is 1. The summed E-state index contributed by atoms with van der Waals surface area (Å²) < 4.78 is 7.54. The number of pyridine rings is 1. The van der Waals surface area contributed by atoms with E-state index in [9.17, 15) is 4.79 Å². The Morgan fingerprint density at radius 3 is 2.60 bits per heavy atom. The van der Waals surface area contributed by atoms with Gasteiger partial charge in [-0.2, -0.15) is 9.61 Å². The second-order valence-corrected chi connectivity index (χ2v) is 8.33. The Labute approximate surface area is 202 Å². The van der Waals surface area contributed by atoms with Crippen LogP contribution in [0.5, 0.6) is 5.75 Å². The highest BCUT2D eigenvalue weighted by molar-refractivity contribution is 5.94. The van der Waals surface area contributed by atoms with E-state index in [4.69, 9.17) is 9.84 Å². The summed E-state index contributed by atoms with van der Waals surface area (Å²) in [6.07, 6.45) is 2.77. The normalized spacial score (nSPS) is 11.9. The SMILES string of the molecule is Cc1ccc(OC(C)C(=O)Nc2cccc(-c3ccc4nnc(-c5cccnc5)n4n3)c2)cc1C. The average molecular weight is 465 g/mol. The fourth-order valence-electron chi connectivity index (χ4n) is 3.66. The molecule has 174 valence electrons. The first-order valence-corrected chi connectivity index (χ1v) is 11.3. The third-order valence-corrected chi connectivity index (χ3v) is 5.77. The van der Waals surface area contributed by atoms with Crippen molar-refractivity contribution in [2.45, 2.75) is 26.9 Å². The molecule has 0 radical (unpaired) electrons. The number of nitrogens with zero attached hydrogens (tertiary/aromatic N) is 5. The smallest absolute Gasteiger partial charge is 0.265 e. The van der Waals surface area contributed by atoms with Gasteiger partial charge in [-0.05, 0) is 80.4 Å². The van der Waals surface area contributed by atoms with Crippen molar-refractivity contribution >= 4 is 17.2 Å². The molecule has 1 unspecified atom stereocenters. The number of aryl methyl sites for hydroxylation is 2. The summed E-state index contributed by atoms with van der Waals surface area (Å²) in [6.45, 7) is 5.79. The number of hydrogen-bond donors (Lipinski definition) is 1. The molecule has 1 atom stereocenters. The van der Waals surface area contributed by atoms with Crippen LogP contribution in [0.25, 0.3) is 28.3 Å². The Balaban J connectivity index is 1.36. The van der Waals surface area contributed by atoms with Gasteiger partial charge in [-0.3, -0.25) is 9.78 Å². The summed E-state index contributed by atoms with van der Waals surface area (Å²) >= 11 is 0. The van der Waals surface area contributed by atoms with E-state index in [2.05, 4.69) is 20.5 Å². The summed E-state index contributed by atoms with van der Waals surface area (Å²) in [6, 6.07) is 20.8. The van der Waals surface area contributed by atoms with Crippen molar-refractivity contribution in [2.75, 3.05) is 5.32 Å². The fourth-order valence-corrected chi connectivity index (χ4v) is 3.66. The molecule has 3 heterocycles. The van der Waals surface area contributed by atoms with E-state index in [1.54, 1.807) is 23.8 Å². The van der Waals surface area contributed by atoms with Crippen molar-refractivity contribution in [1.82, 2.24) is 24.8 Å². The first-order chi connectivity index (χ1) is 17.0. The Kier molecular flexibility index (Phi) is 5.93. The molecule has 8 heteroatoms. The van der Waals surface area contributed by atoms with Gasteiger partial charge in [-0.25, -0.2) is 0 Å². The monoisotopic (exact) mass is 464 g/mol. The van der Waals surface area contributed by atoms with Crippen LogP contribution >= 0.6 is 0 Å². The van der Waals surface area contributed by atoms with Gasteiger partial charge in [0, 0.05) is 29.2 Å². The molecule has 0 aliphatic carbocycles. The van der Waals surface area contributed by atoms with Crippen molar-refractivity contribution in [2.24, 2.45) is 0 Å².